The molecule has 0 saturated heterocycles. The maximum Gasteiger partial charge on any atom is 0.104 e. The van der Waals surface area contributed by atoms with Crippen LogP contribution >= 0.6 is 11.5 Å². The molecule has 2 aromatic heterocycles. The van der Waals surface area contributed by atoms with Crippen molar-refractivity contribution in [1.82, 2.24) is 19.4 Å². The van der Waals surface area contributed by atoms with E-state index in [0.717, 1.165) is 16.6 Å². The molecule has 0 amide bonds. The fourth-order valence-electron chi connectivity index (χ4n) is 2.04. The first-order chi connectivity index (χ1) is 8.75. The van der Waals surface area contributed by atoms with Gasteiger partial charge >= 0.3 is 0 Å². The molecule has 3 aromatic rings. The van der Waals surface area contributed by atoms with Crippen molar-refractivity contribution < 1.29 is 5.11 Å². The number of aliphatic hydroxyl groups is 1. The highest BCUT2D eigenvalue weighted by Gasteiger charge is 2.16. The largest absolute Gasteiger partial charge is 0.386 e. The number of fused-ring (bicyclic) bond motifs is 1. The minimum Gasteiger partial charge on any atom is -0.386 e. The summed E-state index contributed by atoms with van der Waals surface area (Å²) >= 11 is 1.24. The molecular weight excluding hydrogens is 248 g/mol. The third-order valence-electron chi connectivity index (χ3n) is 2.94. The van der Waals surface area contributed by atoms with E-state index in [1.165, 1.54) is 11.5 Å². The molecule has 1 N–H and O–H groups in total. The molecule has 0 aliphatic carbocycles. The molecule has 5 nitrogen and oxygen atoms in total. The summed E-state index contributed by atoms with van der Waals surface area (Å²) < 4.78 is 5.59. The second-order valence-electron chi connectivity index (χ2n) is 4.14. The summed E-state index contributed by atoms with van der Waals surface area (Å²) in [7, 11) is 1.91. The van der Waals surface area contributed by atoms with Crippen LogP contribution in [0.1, 0.15) is 17.5 Å². The van der Waals surface area contributed by atoms with E-state index in [2.05, 4.69) is 14.7 Å². The first-order valence-corrected chi connectivity index (χ1v) is 6.45. The van der Waals surface area contributed by atoms with Crippen LogP contribution in [0.15, 0.2) is 29.6 Å². The number of hydrogen-bond donors (Lipinski definition) is 1. The highest BCUT2D eigenvalue weighted by atomic mass is 32.1. The summed E-state index contributed by atoms with van der Waals surface area (Å²) in [4.78, 5) is 0. The monoisotopic (exact) mass is 260 g/mol. The number of aromatic nitrogens is 4. The predicted molar refractivity (Wildman–Crippen MR) is 69.3 cm³/mol. The van der Waals surface area contributed by atoms with Crippen LogP contribution in [-0.2, 0) is 13.5 Å². The molecule has 0 aliphatic heterocycles. The van der Waals surface area contributed by atoms with Crippen LogP contribution in [0.2, 0.25) is 0 Å². The number of benzene rings is 1. The van der Waals surface area contributed by atoms with E-state index in [1.54, 1.807) is 5.38 Å². The zero-order valence-corrected chi connectivity index (χ0v) is 10.6. The Hall–Kier alpha value is -1.79. The molecule has 2 heterocycles. The maximum atomic E-state index is 10.1. The van der Waals surface area contributed by atoms with Crippen LogP contribution in [-0.4, -0.2) is 24.5 Å². The molecule has 3 rings (SSSR count). The normalized spacial score (nSPS) is 13.0. The van der Waals surface area contributed by atoms with Crippen molar-refractivity contribution in [3.05, 3.63) is 41.0 Å². The summed E-state index contributed by atoms with van der Waals surface area (Å²) in [5.74, 6) is 0. The molecule has 0 radical (unpaired) electrons. The van der Waals surface area contributed by atoms with Crippen molar-refractivity contribution in [3.63, 3.8) is 0 Å². The molecule has 1 aromatic carbocycles. The van der Waals surface area contributed by atoms with Gasteiger partial charge in [-0.1, -0.05) is 22.7 Å². The molecule has 18 heavy (non-hydrogen) atoms. The zero-order chi connectivity index (χ0) is 12.5. The minimum absolute atomic E-state index is 0.451. The van der Waals surface area contributed by atoms with Crippen LogP contribution in [0, 0.1) is 0 Å². The first kappa shape index (κ1) is 11.3. The van der Waals surface area contributed by atoms with Gasteiger partial charge in [0.2, 0.25) is 0 Å². The number of aliphatic hydroxyl groups excluding tert-OH is 1. The summed E-state index contributed by atoms with van der Waals surface area (Å²) in [5, 5.41) is 21.3. The fraction of sp³-hybridized carbons (Fsp3) is 0.250. The Morgan fingerprint density at radius 3 is 3.00 bits per heavy atom. The van der Waals surface area contributed by atoms with Crippen molar-refractivity contribution in [1.29, 1.82) is 0 Å². The summed E-state index contributed by atoms with van der Waals surface area (Å²) in [5.41, 5.74) is 2.56. The quantitative estimate of drug-likeness (QED) is 0.778. The van der Waals surface area contributed by atoms with Crippen LogP contribution in [0.25, 0.3) is 10.9 Å². The highest BCUT2D eigenvalue weighted by molar-refractivity contribution is 7.03. The van der Waals surface area contributed by atoms with Gasteiger partial charge in [0, 0.05) is 24.2 Å². The lowest BCUT2D eigenvalue weighted by Crippen LogP contribution is -2.03. The van der Waals surface area contributed by atoms with Gasteiger partial charge in [0.05, 0.1) is 11.2 Å². The molecule has 0 saturated carbocycles. The third-order valence-corrected chi connectivity index (χ3v) is 3.46. The lowest BCUT2D eigenvalue weighted by molar-refractivity contribution is 0.172. The average molecular weight is 260 g/mol. The fourth-order valence-corrected chi connectivity index (χ4v) is 2.54. The molecule has 1 unspecified atom stereocenters. The molecule has 0 aliphatic rings. The molecule has 0 bridgehead atoms. The van der Waals surface area contributed by atoms with Crippen LogP contribution in [0.3, 0.4) is 0 Å². The van der Waals surface area contributed by atoms with Gasteiger partial charge in [-0.2, -0.15) is 5.10 Å². The number of hydrogen-bond acceptors (Lipinski definition) is 5. The number of nitrogens with zero attached hydrogens (tertiary/aromatic N) is 4. The van der Waals surface area contributed by atoms with Crippen molar-refractivity contribution in [3.8, 4) is 0 Å². The van der Waals surface area contributed by atoms with Gasteiger partial charge in [-0.05, 0) is 17.6 Å². The maximum absolute atomic E-state index is 10.1. The summed E-state index contributed by atoms with van der Waals surface area (Å²) in [6.45, 7) is 0. The second-order valence-corrected chi connectivity index (χ2v) is 4.75. The van der Waals surface area contributed by atoms with E-state index in [-0.39, 0.29) is 0 Å². The molecule has 0 fully saturated rings. The van der Waals surface area contributed by atoms with Gasteiger partial charge in [-0.3, -0.25) is 4.68 Å². The Morgan fingerprint density at radius 2 is 2.22 bits per heavy atom. The molecular formula is C12H12N4OS. The topological polar surface area (TPSA) is 63.8 Å². The Bertz CT molecular complexity index is 662. The van der Waals surface area contributed by atoms with Crippen LogP contribution in [0.4, 0.5) is 0 Å². The van der Waals surface area contributed by atoms with Crippen LogP contribution in [0.5, 0.6) is 0 Å². The van der Waals surface area contributed by atoms with Gasteiger partial charge in [0.25, 0.3) is 0 Å². The van der Waals surface area contributed by atoms with Gasteiger partial charge in [-0.15, -0.1) is 5.10 Å². The zero-order valence-electron chi connectivity index (χ0n) is 9.82. The smallest absolute Gasteiger partial charge is 0.104 e. The van der Waals surface area contributed by atoms with E-state index >= 15 is 0 Å². The molecule has 0 spiro atoms. The second kappa shape index (κ2) is 4.47. The Labute approximate surface area is 108 Å². The number of rotatable bonds is 3. The third kappa shape index (κ3) is 1.89. The van der Waals surface area contributed by atoms with E-state index in [4.69, 9.17) is 0 Å². The number of para-hydroxylation sites is 1. The van der Waals surface area contributed by atoms with E-state index in [0.29, 0.717) is 12.1 Å². The SMILES string of the molecule is Cn1nc(CC(O)c2csnn2)c2ccccc21. The summed E-state index contributed by atoms with van der Waals surface area (Å²) in [6, 6.07) is 7.99. The first-order valence-electron chi connectivity index (χ1n) is 5.61. The van der Waals surface area contributed by atoms with Gasteiger partial charge < -0.3 is 5.11 Å². The van der Waals surface area contributed by atoms with E-state index in [1.807, 2.05) is 36.0 Å². The van der Waals surface area contributed by atoms with Crippen LogP contribution < -0.4 is 0 Å². The van der Waals surface area contributed by atoms with E-state index < -0.39 is 6.10 Å². The average Bonchev–Trinajstić information content (AvgIpc) is 3.00. The van der Waals surface area contributed by atoms with Gasteiger partial charge in [0.15, 0.2) is 0 Å². The predicted octanol–water partition coefficient (Wildman–Crippen LogP) is 1.70. The van der Waals surface area contributed by atoms with Gasteiger partial charge in [-0.25, -0.2) is 0 Å². The lowest BCUT2D eigenvalue weighted by atomic mass is 10.1. The van der Waals surface area contributed by atoms with Crippen molar-refractivity contribution >= 4 is 22.4 Å². The highest BCUT2D eigenvalue weighted by Crippen LogP contribution is 2.23. The van der Waals surface area contributed by atoms with Crippen molar-refractivity contribution in [2.75, 3.05) is 0 Å². The molecule has 6 heteroatoms. The minimum atomic E-state index is -0.651. The molecule has 1 atom stereocenters. The molecule has 92 valence electrons. The Balaban J connectivity index is 1.96. The number of aryl methyl sites for hydroxylation is 1. The lowest BCUT2D eigenvalue weighted by Gasteiger charge is -2.04. The Kier molecular flexibility index (Phi) is 2.81. The standard InChI is InChI=1S/C12H12N4OS/c1-16-11-5-3-2-4-8(11)9(14-16)6-12(17)10-7-18-15-13-10/h2-5,7,12,17H,6H2,1H3. The van der Waals surface area contributed by atoms with Crippen molar-refractivity contribution in [2.24, 2.45) is 7.05 Å². The van der Waals surface area contributed by atoms with Crippen molar-refractivity contribution in [2.45, 2.75) is 12.5 Å². The summed E-state index contributed by atoms with van der Waals surface area (Å²) in [6.07, 6.45) is -0.200. The van der Waals surface area contributed by atoms with E-state index in [9.17, 15) is 5.11 Å². The Morgan fingerprint density at radius 1 is 1.39 bits per heavy atom. The van der Waals surface area contributed by atoms with Gasteiger partial charge in [0.1, 0.15) is 11.8 Å².